The van der Waals surface area contributed by atoms with Crippen LogP contribution in [0.25, 0.3) is 0 Å². The van der Waals surface area contributed by atoms with Gasteiger partial charge in [0.2, 0.25) is 5.89 Å². The van der Waals surface area contributed by atoms with Crippen LogP contribution in [-0.4, -0.2) is 64.8 Å². The monoisotopic (exact) mass is 353 g/mol. The van der Waals surface area contributed by atoms with Gasteiger partial charge in [-0.2, -0.15) is 4.98 Å². The molecule has 0 radical (unpaired) electrons. The van der Waals surface area contributed by atoms with Crippen LogP contribution in [0.4, 0.5) is 0 Å². The molecule has 3 heterocycles. The molecule has 7 heteroatoms. The van der Waals surface area contributed by atoms with Crippen molar-refractivity contribution in [2.75, 3.05) is 26.8 Å². The quantitative estimate of drug-likeness (QED) is 0.835. The molecule has 0 aliphatic carbocycles. The second-order valence-corrected chi connectivity index (χ2v) is 7.80. The van der Waals surface area contributed by atoms with E-state index >= 15 is 0 Å². The first-order chi connectivity index (χ1) is 12.0. The van der Waals surface area contributed by atoms with Crippen molar-refractivity contribution in [2.24, 2.45) is 5.92 Å². The van der Waals surface area contributed by atoms with E-state index in [1.807, 2.05) is 0 Å². The van der Waals surface area contributed by atoms with Crippen molar-refractivity contribution < 1.29 is 19.1 Å². The maximum Gasteiger partial charge on any atom is 0.240 e. The predicted octanol–water partition coefficient (Wildman–Crippen LogP) is 1.79. The van der Waals surface area contributed by atoms with E-state index in [4.69, 9.17) is 14.0 Å². The molecule has 2 aliphatic heterocycles. The number of rotatable bonds is 6. The van der Waals surface area contributed by atoms with E-state index < -0.39 is 0 Å². The Hall–Kier alpha value is -1.02. The third kappa shape index (κ3) is 4.78. The van der Waals surface area contributed by atoms with Crippen molar-refractivity contribution in [3.05, 3.63) is 11.7 Å². The number of nitrogens with zero attached hydrogens (tertiary/aromatic N) is 3. The van der Waals surface area contributed by atoms with Crippen LogP contribution in [0.3, 0.4) is 0 Å². The van der Waals surface area contributed by atoms with Gasteiger partial charge in [-0.3, -0.25) is 4.90 Å². The second kappa shape index (κ2) is 8.12. The number of aliphatic hydroxyl groups excluding tert-OH is 1. The van der Waals surface area contributed by atoms with Crippen molar-refractivity contribution >= 4 is 0 Å². The van der Waals surface area contributed by atoms with E-state index in [0.29, 0.717) is 37.2 Å². The summed E-state index contributed by atoms with van der Waals surface area (Å²) < 4.78 is 16.8. The lowest BCUT2D eigenvalue weighted by atomic mass is 9.80. The Labute approximate surface area is 149 Å². The smallest absolute Gasteiger partial charge is 0.240 e. The van der Waals surface area contributed by atoms with E-state index in [9.17, 15) is 5.11 Å². The van der Waals surface area contributed by atoms with Crippen LogP contribution in [0.2, 0.25) is 0 Å². The number of ether oxygens (including phenoxy) is 2. The van der Waals surface area contributed by atoms with Gasteiger partial charge in [-0.05, 0) is 25.2 Å². The van der Waals surface area contributed by atoms with Crippen LogP contribution in [0, 0.1) is 5.92 Å². The highest BCUT2D eigenvalue weighted by atomic mass is 16.5. The average Bonchev–Trinajstić information content (AvgIpc) is 3.02. The molecule has 7 nitrogen and oxygen atoms in total. The number of aliphatic hydroxyl groups is 1. The normalized spacial score (nSPS) is 27.2. The number of piperidine rings is 1. The van der Waals surface area contributed by atoms with Crippen molar-refractivity contribution in [3.8, 4) is 0 Å². The fraction of sp³-hybridized carbons (Fsp3) is 0.889. The number of aromatic nitrogens is 2. The van der Waals surface area contributed by atoms with Gasteiger partial charge < -0.3 is 19.1 Å². The van der Waals surface area contributed by atoms with Crippen LogP contribution >= 0.6 is 0 Å². The third-order valence-corrected chi connectivity index (χ3v) is 5.42. The topological polar surface area (TPSA) is 80.9 Å². The summed E-state index contributed by atoms with van der Waals surface area (Å²) in [7, 11) is 1.67. The maximum absolute atomic E-state index is 10.3. The fourth-order valence-corrected chi connectivity index (χ4v) is 3.89. The summed E-state index contributed by atoms with van der Waals surface area (Å²) in [5.41, 5.74) is -0.165. The lowest BCUT2D eigenvalue weighted by Gasteiger charge is -2.48. The predicted molar refractivity (Wildman–Crippen MR) is 92.1 cm³/mol. The molecule has 0 aromatic carbocycles. The molecule has 25 heavy (non-hydrogen) atoms. The van der Waals surface area contributed by atoms with Crippen LogP contribution < -0.4 is 0 Å². The Balaban J connectivity index is 1.52. The van der Waals surface area contributed by atoms with E-state index in [-0.39, 0.29) is 17.8 Å². The summed E-state index contributed by atoms with van der Waals surface area (Å²) >= 11 is 0. The summed E-state index contributed by atoms with van der Waals surface area (Å²) in [6.07, 6.45) is 3.99. The Bertz CT molecular complexity index is 540. The molecule has 2 aliphatic rings. The van der Waals surface area contributed by atoms with Crippen LogP contribution in [-0.2, 0) is 22.4 Å². The first-order valence-electron chi connectivity index (χ1n) is 9.38. The summed E-state index contributed by atoms with van der Waals surface area (Å²) in [4.78, 5) is 6.75. The van der Waals surface area contributed by atoms with Gasteiger partial charge in [0.25, 0.3) is 0 Å². The minimum atomic E-state index is -0.244. The van der Waals surface area contributed by atoms with Gasteiger partial charge in [-0.25, -0.2) is 0 Å². The van der Waals surface area contributed by atoms with Gasteiger partial charge in [0, 0.05) is 33.0 Å². The molecular formula is C18H31N3O4. The number of hydrogen-bond donors (Lipinski definition) is 1. The molecular weight excluding hydrogens is 322 g/mol. The highest BCUT2D eigenvalue weighted by Crippen LogP contribution is 2.39. The molecule has 0 unspecified atom stereocenters. The van der Waals surface area contributed by atoms with Gasteiger partial charge in [0.1, 0.15) is 0 Å². The summed E-state index contributed by atoms with van der Waals surface area (Å²) in [6, 6.07) is 0. The van der Waals surface area contributed by atoms with Gasteiger partial charge in [0.15, 0.2) is 5.82 Å². The highest BCUT2D eigenvalue weighted by molar-refractivity contribution is 4.96. The molecule has 2 fully saturated rings. The minimum absolute atomic E-state index is 0.162. The van der Waals surface area contributed by atoms with Crippen LogP contribution in [0.1, 0.15) is 51.2 Å². The Kier molecular flexibility index (Phi) is 6.09. The Morgan fingerprint density at radius 1 is 1.36 bits per heavy atom. The third-order valence-electron chi connectivity index (χ3n) is 5.42. The van der Waals surface area contributed by atoms with E-state index in [1.165, 1.54) is 0 Å². The Morgan fingerprint density at radius 3 is 2.80 bits per heavy atom. The van der Waals surface area contributed by atoms with Crippen LogP contribution in [0.15, 0.2) is 4.52 Å². The largest absolute Gasteiger partial charge is 0.393 e. The zero-order valence-electron chi connectivity index (χ0n) is 15.6. The average molecular weight is 353 g/mol. The van der Waals surface area contributed by atoms with Gasteiger partial charge in [-0.1, -0.05) is 19.0 Å². The number of likely N-dealkylation sites (tertiary alicyclic amines) is 1. The second-order valence-electron chi connectivity index (χ2n) is 7.80. The summed E-state index contributed by atoms with van der Waals surface area (Å²) in [5.74, 6) is 1.80. The molecule has 0 amide bonds. The highest BCUT2D eigenvalue weighted by Gasteiger charge is 2.44. The first-order valence-corrected chi connectivity index (χ1v) is 9.38. The number of methoxy groups -OCH3 is 1. The van der Waals surface area contributed by atoms with Crippen molar-refractivity contribution in [2.45, 2.75) is 70.3 Å². The maximum atomic E-state index is 10.3. The molecule has 0 saturated carbocycles. The zero-order chi connectivity index (χ0) is 17.9. The molecule has 1 aromatic rings. The Morgan fingerprint density at radius 2 is 2.12 bits per heavy atom. The van der Waals surface area contributed by atoms with Gasteiger partial charge in [0.05, 0.1) is 31.0 Å². The summed E-state index contributed by atoms with van der Waals surface area (Å²) in [5, 5.41) is 14.3. The standard InChI is InChI=1S/C18H31N3O4/c1-13(2)15-10-14(22)11-18(24-15)5-7-21(8-6-18)12-17-19-16(20-25-17)4-9-23-3/h13-15,22H,4-12H2,1-3H3/t14-,15-/m1/s1. The van der Waals surface area contributed by atoms with Crippen LogP contribution in [0.5, 0.6) is 0 Å². The van der Waals surface area contributed by atoms with E-state index in [0.717, 1.165) is 38.8 Å². The lowest BCUT2D eigenvalue weighted by molar-refractivity contribution is -0.193. The number of hydrogen-bond acceptors (Lipinski definition) is 7. The lowest BCUT2D eigenvalue weighted by Crippen LogP contribution is -2.53. The van der Waals surface area contributed by atoms with Crippen molar-refractivity contribution in [1.29, 1.82) is 0 Å². The first kappa shape index (κ1) is 18.8. The molecule has 0 bridgehead atoms. The molecule has 3 rings (SSSR count). The molecule has 2 saturated heterocycles. The fourth-order valence-electron chi connectivity index (χ4n) is 3.89. The zero-order valence-corrected chi connectivity index (χ0v) is 15.6. The molecule has 2 atom stereocenters. The molecule has 142 valence electrons. The van der Waals surface area contributed by atoms with E-state index in [1.54, 1.807) is 7.11 Å². The molecule has 1 N–H and O–H groups in total. The molecule has 1 aromatic heterocycles. The van der Waals surface area contributed by atoms with Gasteiger partial charge >= 0.3 is 0 Å². The van der Waals surface area contributed by atoms with E-state index in [2.05, 4.69) is 28.9 Å². The minimum Gasteiger partial charge on any atom is -0.393 e. The van der Waals surface area contributed by atoms with Crippen molar-refractivity contribution in [1.82, 2.24) is 15.0 Å². The summed E-state index contributed by atoms with van der Waals surface area (Å²) in [6.45, 7) is 7.46. The SMILES string of the molecule is COCCc1noc(CN2CCC3(CC2)C[C@H](O)C[C@H](C(C)C)O3)n1. The van der Waals surface area contributed by atoms with Gasteiger partial charge in [-0.15, -0.1) is 0 Å². The molecule has 1 spiro atoms. The van der Waals surface area contributed by atoms with Crippen molar-refractivity contribution in [3.63, 3.8) is 0 Å².